The Labute approximate surface area is 61.4 Å². The molecule has 2 aliphatic carbocycles. The van der Waals surface area contributed by atoms with Gasteiger partial charge < -0.3 is 10.8 Å². The highest BCUT2D eigenvalue weighted by Gasteiger charge is 2.46. The minimum atomic E-state index is -0.0210. The fourth-order valence-corrected chi connectivity index (χ4v) is 2.81. The molecule has 2 saturated carbocycles. The van der Waals surface area contributed by atoms with Gasteiger partial charge >= 0.3 is 0 Å². The van der Waals surface area contributed by atoms with Gasteiger partial charge in [0.25, 0.3) is 0 Å². The molecule has 4 atom stereocenters. The van der Waals surface area contributed by atoms with Crippen molar-refractivity contribution in [3.8, 4) is 0 Å². The second-order valence-electron chi connectivity index (χ2n) is 3.70. The van der Waals surface area contributed by atoms with Gasteiger partial charge in [-0.2, -0.15) is 0 Å². The molecule has 2 bridgehead atoms. The largest absolute Gasteiger partial charge is 0.393 e. The van der Waals surface area contributed by atoms with E-state index in [1.54, 1.807) is 0 Å². The Balaban J connectivity index is 2.11. The third kappa shape index (κ3) is 0.722. The maximum atomic E-state index is 9.47. The first-order valence-corrected chi connectivity index (χ1v) is 4.21. The van der Waals surface area contributed by atoms with Gasteiger partial charge in [0.15, 0.2) is 0 Å². The fraction of sp³-hybridized carbons (Fsp3) is 1.00. The first-order chi connectivity index (χ1) is 4.83. The molecule has 0 spiro atoms. The molecule has 2 rings (SSSR count). The van der Waals surface area contributed by atoms with E-state index in [0.29, 0.717) is 11.8 Å². The van der Waals surface area contributed by atoms with E-state index in [1.807, 2.05) is 0 Å². The molecule has 2 nitrogen and oxygen atoms in total. The summed E-state index contributed by atoms with van der Waals surface area (Å²) in [7, 11) is 0. The van der Waals surface area contributed by atoms with Gasteiger partial charge in [-0.25, -0.2) is 0 Å². The van der Waals surface area contributed by atoms with Crippen LogP contribution in [0, 0.1) is 17.8 Å². The molecule has 2 fully saturated rings. The Hall–Kier alpha value is -0.0800. The van der Waals surface area contributed by atoms with Crippen molar-refractivity contribution in [1.82, 2.24) is 0 Å². The van der Waals surface area contributed by atoms with Gasteiger partial charge in [-0.1, -0.05) is 0 Å². The predicted octanol–water partition coefficient (Wildman–Crippen LogP) is 0.352. The van der Waals surface area contributed by atoms with Crippen LogP contribution < -0.4 is 5.73 Å². The van der Waals surface area contributed by atoms with Gasteiger partial charge in [0.1, 0.15) is 0 Å². The molecule has 0 aromatic rings. The topological polar surface area (TPSA) is 46.2 Å². The number of hydrogen-bond donors (Lipinski definition) is 2. The fourth-order valence-electron chi connectivity index (χ4n) is 2.81. The third-order valence-corrected chi connectivity index (χ3v) is 3.34. The zero-order valence-electron chi connectivity index (χ0n) is 6.16. The molecule has 2 heteroatoms. The Bertz CT molecular complexity index is 137. The van der Waals surface area contributed by atoms with Crippen LogP contribution in [-0.4, -0.2) is 17.8 Å². The van der Waals surface area contributed by atoms with Gasteiger partial charge in [0.05, 0.1) is 6.10 Å². The molecule has 0 unspecified atom stereocenters. The number of hydrogen-bond acceptors (Lipinski definition) is 2. The maximum absolute atomic E-state index is 9.47. The molecule has 0 heterocycles. The summed E-state index contributed by atoms with van der Waals surface area (Å²) in [5.74, 6) is 1.95. The number of rotatable bonds is 1. The van der Waals surface area contributed by atoms with E-state index >= 15 is 0 Å². The second kappa shape index (κ2) is 2.21. The number of aliphatic hydroxyl groups is 1. The van der Waals surface area contributed by atoms with Crippen LogP contribution in [0.25, 0.3) is 0 Å². The second-order valence-corrected chi connectivity index (χ2v) is 3.70. The molecule has 58 valence electrons. The van der Waals surface area contributed by atoms with Crippen LogP contribution in [0.1, 0.15) is 19.3 Å². The lowest BCUT2D eigenvalue weighted by Crippen LogP contribution is -2.22. The van der Waals surface area contributed by atoms with Gasteiger partial charge in [-0.15, -0.1) is 0 Å². The van der Waals surface area contributed by atoms with Crippen molar-refractivity contribution in [3.63, 3.8) is 0 Å². The zero-order chi connectivity index (χ0) is 7.14. The first kappa shape index (κ1) is 6.62. The summed E-state index contributed by atoms with van der Waals surface area (Å²) in [6, 6.07) is 0. The van der Waals surface area contributed by atoms with Crippen molar-refractivity contribution in [1.29, 1.82) is 0 Å². The van der Waals surface area contributed by atoms with E-state index in [2.05, 4.69) is 0 Å². The minimum Gasteiger partial charge on any atom is -0.393 e. The highest BCUT2D eigenvalue weighted by Crippen LogP contribution is 2.48. The monoisotopic (exact) mass is 141 g/mol. The van der Waals surface area contributed by atoms with E-state index < -0.39 is 0 Å². The van der Waals surface area contributed by atoms with Gasteiger partial charge in [0, 0.05) is 0 Å². The molecule has 2 aliphatic rings. The normalized spacial score (nSPS) is 52.2. The summed E-state index contributed by atoms with van der Waals surface area (Å²) >= 11 is 0. The molecule has 10 heavy (non-hydrogen) atoms. The van der Waals surface area contributed by atoms with Gasteiger partial charge in [-0.05, 0) is 43.6 Å². The van der Waals surface area contributed by atoms with Crippen molar-refractivity contribution >= 4 is 0 Å². The number of aliphatic hydroxyl groups excluding tert-OH is 1. The quantitative estimate of drug-likeness (QED) is 0.553. The maximum Gasteiger partial charge on any atom is 0.0574 e. The van der Waals surface area contributed by atoms with Crippen LogP contribution in [0.2, 0.25) is 0 Å². The average molecular weight is 141 g/mol. The summed E-state index contributed by atoms with van der Waals surface area (Å²) in [6.07, 6.45) is 3.52. The Kier molecular flexibility index (Phi) is 1.46. The molecular weight excluding hydrogens is 126 g/mol. The molecule has 0 aliphatic heterocycles. The van der Waals surface area contributed by atoms with Crippen molar-refractivity contribution < 1.29 is 5.11 Å². The Morgan fingerprint density at radius 2 is 2.20 bits per heavy atom. The highest BCUT2D eigenvalue weighted by atomic mass is 16.3. The van der Waals surface area contributed by atoms with Crippen molar-refractivity contribution in [2.75, 3.05) is 6.54 Å². The van der Waals surface area contributed by atoms with E-state index in [4.69, 9.17) is 5.73 Å². The summed E-state index contributed by atoms with van der Waals surface area (Å²) in [5, 5.41) is 9.47. The van der Waals surface area contributed by atoms with Gasteiger partial charge in [0.2, 0.25) is 0 Å². The van der Waals surface area contributed by atoms with E-state index in [1.165, 1.54) is 12.8 Å². The zero-order valence-corrected chi connectivity index (χ0v) is 6.16. The van der Waals surface area contributed by atoms with Crippen molar-refractivity contribution in [3.05, 3.63) is 0 Å². The molecule has 0 amide bonds. The van der Waals surface area contributed by atoms with Crippen LogP contribution in [0.4, 0.5) is 0 Å². The standard InChI is InChI=1S/C8H15NO/c9-4-7-5-1-2-6(7)8(10)3-5/h5-8,10H,1-4,9H2/t5-,6+,7-,8+/m1/s1. The lowest BCUT2D eigenvalue weighted by atomic mass is 9.97. The van der Waals surface area contributed by atoms with Crippen molar-refractivity contribution in [2.24, 2.45) is 23.5 Å². The SMILES string of the molecule is NC[C@@H]1[C@@H]2CC[C@@H]1[C@@H](O)C2. The van der Waals surface area contributed by atoms with E-state index in [-0.39, 0.29) is 6.10 Å². The van der Waals surface area contributed by atoms with E-state index in [9.17, 15) is 5.11 Å². The number of fused-ring (bicyclic) bond motifs is 2. The van der Waals surface area contributed by atoms with Crippen LogP contribution in [0.3, 0.4) is 0 Å². The summed E-state index contributed by atoms with van der Waals surface area (Å²) in [6.45, 7) is 0.784. The first-order valence-electron chi connectivity index (χ1n) is 4.21. The predicted molar refractivity (Wildman–Crippen MR) is 39.4 cm³/mol. The summed E-state index contributed by atoms with van der Waals surface area (Å²) in [5.41, 5.74) is 5.61. The van der Waals surface area contributed by atoms with Crippen molar-refractivity contribution in [2.45, 2.75) is 25.4 Å². The molecule has 0 aromatic heterocycles. The van der Waals surface area contributed by atoms with Crippen LogP contribution in [0.15, 0.2) is 0 Å². The molecule has 3 N–H and O–H groups in total. The Morgan fingerprint density at radius 3 is 2.50 bits per heavy atom. The van der Waals surface area contributed by atoms with E-state index in [0.717, 1.165) is 18.9 Å². The third-order valence-electron chi connectivity index (χ3n) is 3.34. The highest BCUT2D eigenvalue weighted by molar-refractivity contribution is 4.97. The Morgan fingerprint density at radius 1 is 1.40 bits per heavy atom. The lowest BCUT2D eigenvalue weighted by Gasteiger charge is -2.15. The smallest absolute Gasteiger partial charge is 0.0574 e. The summed E-state index contributed by atoms with van der Waals surface area (Å²) in [4.78, 5) is 0. The minimum absolute atomic E-state index is 0.0210. The van der Waals surface area contributed by atoms with Gasteiger partial charge in [-0.3, -0.25) is 0 Å². The average Bonchev–Trinajstić information content (AvgIpc) is 2.42. The molecule has 0 aromatic carbocycles. The molecule has 0 radical (unpaired) electrons. The molecule has 0 saturated heterocycles. The lowest BCUT2D eigenvalue weighted by molar-refractivity contribution is 0.108. The summed E-state index contributed by atoms with van der Waals surface area (Å²) < 4.78 is 0. The number of nitrogens with two attached hydrogens (primary N) is 1. The van der Waals surface area contributed by atoms with Crippen LogP contribution in [0.5, 0.6) is 0 Å². The molecular formula is C8H15NO. The van der Waals surface area contributed by atoms with Crippen LogP contribution in [-0.2, 0) is 0 Å². The van der Waals surface area contributed by atoms with Crippen LogP contribution >= 0.6 is 0 Å².